The molecule has 0 saturated carbocycles. The standard InChI is InChI=1S/C19H26N4O/c1-15-11-19(23-10-4-8-21-23)7-6-18(15)14-22-9-3-5-17(13-22)12-20-16(2)24/h4,6-8,10-11,17H,3,5,9,12-14H2,1-2H3,(H,20,24). The number of aryl methyl sites for hydroxylation is 1. The molecule has 1 saturated heterocycles. The van der Waals surface area contributed by atoms with E-state index >= 15 is 0 Å². The van der Waals surface area contributed by atoms with Crippen molar-refractivity contribution in [2.75, 3.05) is 19.6 Å². The molecular weight excluding hydrogens is 300 g/mol. The van der Waals surface area contributed by atoms with Crippen molar-refractivity contribution < 1.29 is 4.79 Å². The van der Waals surface area contributed by atoms with Crippen LogP contribution in [-0.2, 0) is 11.3 Å². The first-order valence-electron chi connectivity index (χ1n) is 8.68. The van der Waals surface area contributed by atoms with Crippen LogP contribution >= 0.6 is 0 Å². The number of piperidine rings is 1. The molecule has 1 aromatic carbocycles. The summed E-state index contributed by atoms with van der Waals surface area (Å²) in [6.45, 7) is 7.72. The van der Waals surface area contributed by atoms with Crippen LogP contribution in [-0.4, -0.2) is 40.2 Å². The maximum atomic E-state index is 11.1. The maximum Gasteiger partial charge on any atom is 0.216 e. The van der Waals surface area contributed by atoms with E-state index in [1.165, 1.54) is 24.0 Å². The Balaban J connectivity index is 1.62. The number of carbonyl (C=O) groups excluding carboxylic acids is 1. The van der Waals surface area contributed by atoms with Gasteiger partial charge in [-0.3, -0.25) is 9.69 Å². The van der Waals surface area contributed by atoms with E-state index in [4.69, 9.17) is 0 Å². The Bertz CT molecular complexity index is 681. The van der Waals surface area contributed by atoms with Gasteiger partial charge in [-0.1, -0.05) is 6.07 Å². The summed E-state index contributed by atoms with van der Waals surface area (Å²) in [6.07, 6.45) is 6.17. The number of aromatic nitrogens is 2. The lowest BCUT2D eigenvalue weighted by atomic mass is 9.97. The highest BCUT2D eigenvalue weighted by molar-refractivity contribution is 5.72. The molecule has 1 aromatic heterocycles. The lowest BCUT2D eigenvalue weighted by Gasteiger charge is -2.33. The third-order valence-electron chi connectivity index (χ3n) is 4.73. The number of hydrogen-bond donors (Lipinski definition) is 1. The average molecular weight is 326 g/mol. The van der Waals surface area contributed by atoms with Gasteiger partial charge in [0.1, 0.15) is 0 Å². The molecule has 5 heteroatoms. The van der Waals surface area contributed by atoms with Crippen molar-refractivity contribution in [3.63, 3.8) is 0 Å². The van der Waals surface area contributed by atoms with Gasteiger partial charge in [-0.05, 0) is 61.6 Å². The fourth-order valence-electron chi connectivity index (χ4n) is 3.41. The van der Waals surface area contributed by atoms with E-state index in [-0.39, 0.29) is 5.91 Å². The maximum absolute atomic E-state index is 11.1. The predicted octanol–water partition coefficient (Wildman–Crippen LogP) is 2.53. The van der Waals surface area contributed by atoms with Crippen LogP contribution in [0.2, 0.25) is 0 Å². The Morgan fingerprint density at radius 2 is 2.29 bits per heavy atom. The molecule has 5 nitrogen and oxygen atoms in total. The fraction of sp³-hybridized carbons (Fsp3) is 0.474. The Morgan fingerprint density at radius 3 is 3.00 bits per heavy atom. The van der Waals surface area contributed by atoms with Crippen molar-refractivity contribution in [1.82, 2.24) is 20.0 Å². The smallest absolute Gasteiger partial charge is 0.216 e. The van der Waals surface area contributed by atoms with Crippen molar-refractivity contribution in [2.45, 2.75) is 33.2 Å². The molecule has 1 N–H and O–H groups in total. The van der Waals surface area contributed by atoms with Gasteiger partial charge in [0.2, 0.25) is 5.91 Å². The highest BCUT2D eigenvalue weighted by atomic mass is 16.1. The van der Waals surface area contributed by atoms with Crippen LogP contribution in [0.3, 0.4) is 0 Å². The van der Waals surface area contributed by atoms with E-state index in [1.807, 2.05) is 16.9 Å². The minimum atomic E-state index is 0.0668. The fourth-order valence-corrected chi connectivity index (χ4v) is 3.41. The van der Waals surface area contributed by atoms with Gasteiger partial charge < -0.3 is 5.32 Å². The van der Waals surface area contributed by atoms with Crippen molar-refractivity contribution in [3.8, 4) is 5.69 Å². The Labute approximate surface area is 143 Å². The van der Waals surface area contributed by atoms with E-state index in [2.05, 4.69) is 40.4 Å². The molecule has 0 spiro atoms. The van der Waals surface area contributed by atoms with Crippen LogP contribution in [0.15, 0.2) is 36.7 Å². The van der Waals surface area contributed by atoms with Gasteiger partial charge in [0.25, 0.3) is 0 Å². The van der Waals surface area contributed by atoms with Crippen LogP contribution in [0.25, 0.3) is 5.69 Å². The van der Waals surface area contributed by atoms with Gasteiger partial charge in [-0.2, -0.15) is 5.10 Å². The van der Waals surface area contributed by atoms with Crippen LogP contribution in [0.5, 0.6) is 0 Å². The van der Waals surface area contributed by atoms with Crippen molar-refractivity contribution in [1.29, 1.82) is 0 Å². The van der Waals surface area contributed by atoms with Gasteiger partial charge in [0.15, 0.2) is 0 Å². The summed E-state index contributed by atoms with van der Waals surface area (Å²) in [5.41, 5.74) is 3.77. The summed E-state index contributed by atoms with van der Waals surface area (Å²) in [6, 6.07) is 8.48. The average Bonchev–Trinajstić information content (AvgIpc) is 3.10. The Kier molecular flexibility index (Phi) is 5.30. The van der Waals surface area contributed by atoms with Crippen LogP contribution < -0.4 is 5.32 Å². The SMILES string of the molecule is CC(=O)NCC1CCCN(Cc2ccc(-n3cccn3)cc2C)C1. The lowest BCUT2D eigenvalue weighted by Crippen LogP contribution is -2.40. The van der Waals surface area contributed by atoms with Crippen LogP contribution in [0, 0.1) is 12.8 Å². The number of rotatable bonds is 5. The van der Waals surface area contributed by atoms with Crippen LogP contribution in [0.1, 0.15) is 30.9 Å². The van der Waals surface area contributed by atoms with Gasteiger partial charge >= 0.3 is 0 Å². The zero-order chi connectivity index (χ0) is 16.9. The molecule has 2 aromatic rings. The van der Waals surface area contributed by atoms with Gasteiger partial charge in [-0.15, -0.1) is 0 Å². The first-order valence-corrected chi connectivity index (χ1v) is 8.68. The summed E-state index contributed by atoms with van der Waals surface area (Å²) in [5.74, 6) is 0.628. The molecule has 0 radical (unpaired) electrons. The summed E-state index contributed by atoms with van der Waals surface area (Å²) in [4.78, 5) is 13.6. The van der Waals surface area contributed by atoms with E-state index in [0.29, 0.717) is 5.92 Å². The molecule has 0 aliphatic carbocycles. The number of nitrogens with zero attached hydrogens (tertiary/aromatic N) is 3. The third kappa shape index (κ3) is 4.23. The molecular formula is C19H26N4O. The minimum absolute atomic E-state index is 0.0668. The number of amides is 1. The summed E-state index contributed by atoms with van der Waals surface area (Å²) in [5, 5.41) is 7.25. The molecule has 24 heavy (non-hydrogen) atoms. The lowest BCUT2D eigenvalue weighted by molar-refractivity contribution is -0.119. The van der Waals surface area contributed by atoms with E-state index in [0.717, 1.165) is 31.9 Å². The molecule has 1 aliphatic rings. The van der Waals surface area contributed by atoms with Gasteiger partial charge in [0.05, 0.1) is 5.69 Å². The monoisotopic (exact) mass is 326 g/mol. The highest BCUT2D eigenvalue weighted by Crippen LogP contribution is 2.21. The molecule has 128 valence electrons. The predicted molar refractivity (Wildman–Crippen MR) is 95.0 cm³/mol. The molecule has 1 aliphatic heterocycles. The largest absolute Gasteiger partial charge is 0.356 e. The number of carbonyl (C=O) groups is 1. The van der Waals surface area contributed by atoms with E-state index in [1.54, 1.807) is 13.1 Å². The molecule has 3 rings (SSSR count). The normalized spacial score (nSPS) is 18.5. The van der Waals surface area contributed by atoms with Crippen molar-refractivity contribution in [3.05, 3.63) is 47.8 Å². The zero-order valence-corrected chi connectivity index (χ0v) is 14.5. The van der Waals surface area contributed by atoms with Crippen molar-refractivity contribution in [2.24, 2.45) is 5.92 Å². The molecule has 1 unspecified atom stereocenters. The third-order valence-corrected chi connectivity index (χ3v) is 4.73. The Morgan fingerprint density at radius 1 is 1.42 bits per heavy atom. The number of nitrogens with one attached hydrogen (secondary N) is 1. The molecule has 0 bridgehead atoms. The quantitative estimate of drug-likeness (QED) is 0.918. The molecule has 1 amide bonds. The first-order chi connectivity index (χ1) is 11.6. The number of benzene rings is 1. The zero-order valence-electron chi connectivity index (χ0n) is 14.5. The van der Waals surface area contributed by atoms with E-state index < -0.39 is 0 Å². The number of likely N-dealkylation sites (tertiary alicyclic amines) is 1. The minimum Gasteiger partial charge on any atom is -0.356 e. The summed E-state index contributed by atoms with van der Waals surface area (Å²) < 4.78 is 1.89. The topological polar surface area (TPSA) is 50.2 Å². The van der Waals surface area contributed by atoms with E-state index in [9.17, 15) is 4.79 Å². The molecule has 1 atom stereocenters. The summed E-state index contributed by atoms with van der Waals surface area (Å²) in [7, 11) is 0. The van der Waals surface area contributed by atoms with Gasteiger partial charge in [-0.25, -0.2) is 4.68 Å². The van der Waals surface area contributed by atoms with Crippen LogP contribution in [0.4, 0.5) is 0 Å². The second kappa shape index (κ2) is 7.62. The second-order valence-electron chi connectivity index (χ2n) is 6.74. The first kappa shape index (κ1) is 16.7. The van der Waals surface area contributed by atoms with Gasteiger partial charge in [0, 0.05) is 39.0 Å². The second-order valence-corrected chi connectivity index (χ2v) is 6.74. The van der Waals surface area contributed by atoms with Crippen molar-refractivity contribution >= 4 is 5.91 Å². The highest BCUT2D eigenvalue weighted by Gasteiger charge is 2.20. The Hall–Kier alpha value is -2.14. The number of hydrogen-bond acceptors (Lipinski definition) is 3. The molecule has 2 heterocycles. The summed E-state index contributed by atoms with van der Waals surface area (Å²) >= 11 is 0. The molecule has 1 fully saturated rings.